The third-order valence-electron chi connectivity index (χ3n) is 3.65. The summed E-state index contributed by atoms with van der Waals surface area (Å²) in [6.07, 6.45) is 3.07. The fourth-order valence-corrected chi connectivity index (χ4v) is 3.16. The van der Waals surface area contributed by atoms with Gasteiger partial charge in [-0.15, -0.1) is 11.3 Å². The molecule has 0 radical (unpaired) electrons. The van der Waals surface area contributed by atoms with Crippen molar-refractivity contribution in [2.24, 2.45) is 5.92 Å². The molecule has 0 N–H and O–H groups in total. The Labute approximate surface area is 150 Å². The number of hydrogen-bond donors (Lipinski definition) is 0. The van der Waals surface area contributed by atoms with Crippen LogP contribution in [0, 0.1) is 5.92 Å². The quantitative estimate of drug-likeness (QED) is 0.665. The second kappa shape index (κ2) is 9.37. The van der Waals surface area contributed by atoms with Crippen LogP contribution in [0.3, 0.4) is 0 Å². The van der Waals surface area contributed by atoms with Crippen molar-refractivity contribution < 1.29 is 14.3 Å². The topological polar surface area (TPSA) is 51.7 Å². The maximum Gasteiger partial charge on any atom is 0.410 e. The minimum Gasteiger partial charge on any atom is -0.444 e. The summed E-state index contributed by atoms with van der Waals surface area (Å²) in [6.45, 7) is 12.6. The number of nitrogens with zero attached hydrogens (tertiary/aromatic N) is 2. The van der Waals surface area contributed by atoms with Crippen molar-refractivity contribution in [3.8, 4) is 0 Å². The zero-order valence-corrected chi connectivity index (χ0v) is 16.9. The van der Waals surface area contributed by atoms with Crippen molar-refractivity contribution >= 4 is 17.4 Å². The van der Waals surface area contributed by atoms with Crippen molar-refractivity contribution in [2.45, 2.75) is 72.1 Å². The monoisotopic (exact) mass is 356 g/mol. The summed E-state index contributed by atoms with van der Waals surface area (Å²) < 4.78 is 11.5. The summed E-state index contributed by atoms with van der Waals surface area (Å²) in [7, 11) is 1.80. The molecule has 0 spiro atoms. The molecule has 1 aromatic heterocycles. The summed E-state index contributed by atoms with van der Waals surface area (Å²) in [5.74, 6) is 0.287. The normalized spacial score (nSPS) is 14.5. The fraction of sp³-hybridized carbons (Fsp3) is 0.778. The SMILES string of the molecule is CCCO[C@H](C[C@H](C(C)C)N(C)C(=O)OC(C)(C)C)c1nccs1. The lowest BCUT2D eigenvalue weighted by atomic mass is 9.96. The van der Waals surface area contributed by atoms with E-state index in [0.717, 1.165) is 11.4 Å². The molecule has 1 amide bonds. The van der Waals surface area contributed by atoms with Crippen LogP contribution < -0.4 is 0 Å². The van der Waals surface area contributed by atoms with E-state index in [0.29, 0.717) is 13.0 Å². The summed E-state index contributed by atoms with van der Waals surface area (Å²) in [5, 5.41) is 2.92. The molecule has 0 aliphatic heterocycles. The Morgan fingerprint density at radius 1 is 1.38 bits per heavy atom. The van der Waals surface area contributed by atoms with Crippen LogP contribution in [0.1, 0.15) is 65.5 Å². The largest absolute Gasteiger partial charge is 0.444 e. The molecule has 6 heteroatoms. The standard InChI is InChI=1S/C18H32N2O3S/c1-8-10-22-15(16-19-9-11-24-16)12-14(13(2)3)20(7)17(21)23-18(4,5)6/h9,11,13-15H,8,10,12H2,1-7H3/t14-,15-/m1/s1. The first-order valence-corrected chi connectivity index (χ1v) is 9.50. The third-order valence-corrected chi connectivity index (χ3v) is 4.52. The Morgan fingerprint density at radius 2 is 2.04 bits per heavy atom. The molecule has 0 fully saturated rings. The fourth-order valence-electron chi connectivity index (χ4n) is 2.46. The minimum atomic E-state index is -0.500. The maximum absolute atomic E-state index is 12.4. The first kappa shape index (κ1) is 20.9. The zero-order valence-electron chi connectivity index (χ0n) is 16.0. The second-order valence-electron chi connectivity index (χ2n) is 7.37. The predicted octanol–water partition coefficient (Wildman–Crippen LogP) is 4.89. The van der Waals surface area contributed by atoms with Gasteiger partial charge in [0.05, 0.1) is 0 Å². The summed E-state index contributed by atoms with van der Waals surface area (Å²) in [5.41, 5.74) is -0.500. The van der Waals surface area contributed by atoms with E-state index in [1.54, 1.807) is 29.5 Å². The molecule has 0 bridgehead atoms. The molecular formula is C18H32N2O3S. The van der Waals surface area contributed by atoms with Crippen molar-refractivity contribution in [1.29, 1.82) is 0 Å². The second-order valence-corrected chi connectivity index (χ2v) is 8.29. The van der Waals surface area contributed by atoms with Crippen LogP contribution in [0.4, 0.5) is 4.79 Å². The van der Waals surface area contributed by atoms with Gasteiger partial charge in [0.2, 0.25) is 0 Å². The molecule has 0 aromatic carbocycles. The molecule has 24 heavy (non-hydrogen) atoms. The molecule has 0 aliphatic rings. The smallest absolute Gasteiger partial charge is 0.410 e. The Hall–Kier alpha value is -1.14. The average molecular weight is 357 g/mol. The first-order chi connectivity index (χ1) is 11.2. The number of carbonyl (C=O) groups excluding carboxylic acids is 1. The molecule has 0 saturated carbocycles. The minimum absolute atomic E-state index is 0.0191. The van der Waals surface area contributed by atoms with Crippen LogP contribution in [0.2, 0.25) is 0 Å². The highest BCUT2D eigenvalue weighted by Crippen LogP contribution is 2.29. The van der Waals surface area contributed by atoms with Crippen LogP contribution in [0.5, 0.6) is 0 Å². The Balaban J connectivity index is 2.87. The molecule has 138 valence electrons. The number of rotatable bonds is 8. The number of ether oxygens (including phenoxy) is 2. The van der Waals surface area contributed by atoms with Crippen LogP contribution >= 0.6 is 11.3 Å². The summed E-state index contributed by atoms with van der Waals surface area (Å²) >= 11 is 1.59. The van der Waals surface area contributed by atoms with Gasteiger partial charge >= 0.3 is 6.09 Å². The van der Waals surface area contributed by atoms with Crippen LogP contribution in [0.25, 0.3) is 0 Å². The lowest BCUT2D eigenvalue weighted by molar-refractivity contribution is -0.00330. The molecule has 1 aromatic rings. The van der Waals surface area contributed by atoms with Crippen LogP contribution in [-0.2, 0) is 9.47 Å². The van der Waals surface area contributed by atoms with E-state index in [1.165, 1.54) is 0 Å². The Morgan fingerprint density at radius 3 is 2.50 bits per heavy atom. The third kappa shape index (κ3) is 6.77. The highest BCUT2D eigenvalue weighted by Gasteiger charge is 2.31. The molecule has 0 saturated heterocycles. The number of thiazole rings is 1. The van der Waals surface area contributed by atoms with E-state index in [1.807, 2.05) is 26.2 Å². The van der Waals surface area contributed by atoms with Crippen molar-refractivity contribution in [1.82, 2.24) is 9.88 Å². The van der Waals surface area contributed by atoms with Gasteiger partial charge in [0.25, 0.3) is 0 Å². The van der Waals surface area contributed by atoms with Gasteiger partial charge in [-0.05, 0) is 33.1 Å². The number of amides is 1. The van der Waals surface area contributed by atoms with Crippen LogP contribution in [0.15, 0.2) is 11.6 Å². The van der Waals surface area contributed by atoms with Crippen LogP contribution in [-0.4, -0.2) is 41.3 Å². The Bertz CT molecular complexity index is 483. The molecule has 5 nitrogen and oxygen atoms in total. The Kier molecular flexibility index (Phi) is 8.16. The predicted molar refractivity (Wildman–Crippen MR) is 98.3 cm³/mol. The molecule has 0 aliphatic carbocycles. The van der Waals surface area contributed by atoms with Gasteiger partial charge in [-0.2, -0.15) is 0 Å². The highest BCUT2D eigenvalue weighted by atomic mass is 32.1. The van der Waals surface area contributed by atoms with E-state index in [9.17, 15) is 4.79 Å². The molecule has 2 atom stereocenters. The lowest BCUT2D eigenvalue weighted by Crippen LogP contribution is -2.44. The van der Waals surface area contributed by atoms with Gasteiger partial charge in [-0.1, -0.05) is 20.8 Å². The average Bonchev–Trinajstić information content (AvgIpc) is 2.98. The van der Waals surface area contributed by atoms with E-state index in [2.05, 4.69) is 25.8 Å². The maximum atomic E-state index is 12.4. The molecule has 1 rings (SSSR count). The summed E-state index contributed by atoms with van der Waals surface area (Å²) in [4.78, 5) is 18.5. The van der Waals surface area contributed by atoms with E-state index in [-0.39, 0.29) is 24.2 Å². The first-order valence-electron chi connectivity index (χ1n) is 8.62. The molecular weight excluding hydrogens is 324 g/mol. The number of aromatic nitrogens is 1. The molecule has 1 heterocycles. The van der Waals surface area contributed by atoms with E-state index < -0.39 is 5.60 Å². The highest BCUT2D eigenvalue weighted by molar-refractivity contribution is 7.09. The van der Waals surface area contributed by atoms with Gasteiger partial charge in [-0.3, -0.25) is 0 Å². The van der Waals surface area contributed by atoms with Gasteiger partial charge in [0, 0.05) is 37.7 Å². The van der Waals surface area contributed by atoms with Gasteiger partial charge in [0.15, 0.2) is 0 Å². The van der Waals surface area contributed by atoms with E-state index in [4.69, 9.17) is 9.47 Å². The van der Waals surface area contributed by atoms with Crippen molar-refractivity contribution in [3.63, 3.8) is 0 Å². The van der Waals surface area contributed by atoms with Crippen molar-refractivity contribution in [2.75, 3.05) is 13.7 Å². The number of carbonyl (C=O) groups is 1. The van der Waals surface area contributed by atoms with Gasteiger partial charge in [-0.25, -0.2) is 9.78 Å². The van der Waals surface area contributed by atoms with Gasteiger partial charge < -0.3 is 14.4 Å². The lowest BCUT2D eigenvalue weighted by Gasteiger charge is -2.34. The van der Waals surface area contributed by atoms with Gasteiger partial charge in [0.1, 0.15) is 16.7 Å². The number of hydrogen-bond acceptors (Lipinski definition) is 5. The van der Waals surface area contributed by atoms with E-state index >= 15 is 0 Å². The molecule has 0 unspecified atom stereocenters. The zero-order chi connectivity index (χ0) is 18.3. The van der Waals surface area contributed by atoms with Crippen molar-refractivity contribution in [3.05, 3.63) is 16.6 Å². The summed E-state index contributed by atoms with van der Waals surface area (Å²) in [6, 6.07) is 0.0191.